The van der Waals surface area contributed by atoms with Crippen molar-refractivity contribution in [1.29, 1.82) is 0 Å². The van der Waals surface area contributed by atoms with Crippen LogP contribution in [0.15, 0.2) is 35.3 Å². The largest absolute Gasteiger partial charge is 0.318 e. The highest BCUT2D eigenvalue weighted by molar-refractivity contribution is 5.86. The molecule has 0 unspecified atom stereocenters. The summed E-state index contributed by atoms with van der Waals surface area (Å²) in [5.41, 5.74) is 0.864. The van der Waals surface area contributed by atoms with Gasteiger partial charge >= 0.3 is 0 Å². The van der Waals surface area contributed by atoms with Crippen molar-refractivity contribution in [2.24, 2.45) is 7.05 Å². The number of aromatic nitrogens is 1. The summed E-state index contributed by atoms with van der Waals surface area (Å²) in [6.45, 7) is 0. The predicted molar refractivity (Wildman–Crippen MR) is 59.0 cm³/mol. The van der Waals surface area contributed by atoms with Crippen LogP contribution in [0.4, 0.5) is 0 Å². The van der Waals surface area contributed by atoms with E-state index in [1.807, 2.05) is 18.2 Å². The van der Waals surface area contributed by atoms with E-state index in [1.165, 1.54) is 4.57 Å². The molecule has 0 saturated carbocycles. The number of fused-ring (bicyclic) bond motifs is 1. The molecule has 0 aliphatic rings. The highest BCUT2D eigenvalue weighted by atomic mass is 16.1. The lowest BCUT2D eigenvalue weighted by Crippen LogP contribution is -2.17. The minimum absolute atomic E-state index is 0.0275. The molecule has 0 N–H and O–H groups in total. The van der Waals surface area contributed by atoms with Crippen molar-refractivity contribution >= 4 is 17.1 Å². The Morgan fingerprint density at radius 3 is 2.60 bits per heavy atom. The van der Waals surface area contributed by atoms with Gasteiger partial charge in [-0.15, -0.1) is 0 Å². The number of carbonyl (C=O) groups is 1. The fourth-order valence-corrected chi connectivity index (χ4v) is 1.75. The number of benzene rings is 1. The molecule has 3 nitrogen and oxygen atoms in total. The molecule has 0 amide bonds. The topological polar surface area (TPSA) is 39.1 Å². The number of hydrogen-bond acceptors (Lipinski definition) is 2. The van der Waals surface area contributed by atoms with Crippen LogP contribution in [-0.4, -0.2) is 10.9 Å². The van der Waals surface area contributed by atoms with Crippen LogP contribution in [0.25, 0.3) is 10.8 Å². The van der Waals surface area contributed by atoms with Crippen LogP contribution in [0, 0.1) is 0 Å². The zero-order valence-corrected chi connectivity index (χ0v) is 8.43. The Morgan fingerprint density at radius 1 is 1.27 bits per heavy atom. The van der Waals surface area contributed by atoms with Gasteiger partial charge in [-0.05, 0) is 17.0 Å². The van der Waals surface area contributed by atoms with Crippen molar-refractivity contribution in [3.05, 3.63) is 46.4 Å². The van der Waals surface area contributed by atoms with Crippen molar-refractivity contribution < 1.29 is 4.79 Å². The number of aryl methyl sites for hydroxylation is 1. The second-order valence-corrected chi connectivity index (χ2v) is 3.49. The van der Waals surface area contributed by atoms with E-state index in [2.05, 4.69) is 0 Å². The predicted octanol–water partition coefficient (Wildman–Crippen LogP) is 1.28. The molecule has 3 heteroatoms. The number of pyridine rings is 1. The Balaban J connectivity index is 2.87. The van der Waals surface area contributed by atoms with Gasteiger partial charge in [0.15, 0.2) is 0 Å². The summed E-state index contributed by atoms with van der Waals surface area (Å²) in [5.74, 6) is 0. The zero-order chi connectivity index (χ0) is 10.8. The monoisotopic (exact) mass is 201 g/mol. The lowest BCUT2D eigenvalue weighted by molar-refractivity contribution is -0.107. The fourth-order valence-electron chi connectivity index (χ4n) is 1.75. The van der Waals surface area contributed by atoms with E-state index in [4.69, 9.17) is 0 Å². The number of aldehydes is 1. The minimum atomic E-state index is -0.0275. The third-order valence-electron chi connectivity index (χ3n) is 2.48. The van der Waals surface area contributed by atoms with E-state index in [-0.39, 0.29) is 5.56 Å². The normalized spacial score (nSPS) is 10.5. The molecule has 0 aliphatic carbocycles. The Labute approximate surface area is 87.0 Å². The first-order chi connectivity index (χ1) is 7.24. The van der Waals surface area contributed by atoms with E-state index in [0.717, 1.165) is 17.2 Å². The molecule has 0 aliphatic heterocycles. The smallest absolute Gasteiger partial charge is 0.258 e. The summed E-state index contributed by atoms with van der Waals surface area (Å²) in [4.78, 5) is 22.3. The summed E-state index contributed by atoms with van der Waals surface area (Å²) in [5, 5.41) is 1.53. The molecule has 0 radical (unpaired) electrons. The summed E-state index contributed by atoms with van der Waals surface area (Å²) >= 11 is 0. The number of nitrogens with zero attached hydrogens (tertiary/aromatic N) is 1. The van der Waals surface area contributed by atoms with Gasteiger partial charge in [0.05, 0.1) is 0 Å². The van der Waals surface area contributed by atoms with E-state index in [9.17, 15) is 9.59 Å². The van der Waals surface area contributed by atoms with Gasteiger partial charge in [-0.3, -0.25) is 4.79 Å². The third-order valence-corrected chi connectivity index (χ3v) is 2.48. The standard InChI is InChI=1S/C12H11NO2/c1-13-8-9(6-7-14)10-4-2-3-5-11(10)12(13)15/h2-5,7-8H,6H2,1H3. The molecule has 2 rings (SSSR count). The molecular weight excluding hydrogens is 190 g/mol. The first-order valence-electron chi connectivity index (χ1n) is 4.75. The molecule has 0 atom stereocenters. The maximum atomic E-state index is 11.8. The van der Waals surface area contributed by atoms with Crippen molar-refractivity contribution in [2.75, 3.05) is 0 Å². The molecule has 0 fully saturated rings. The van der Waals surface area contributed by atoms with Gasteiger partial charge in [0, 0.05) is 25.1 Å². The Morgan fingerprint density at radius 2 is 1.93 bits per heavy atom. The van der Waals surface area contributed by atoms with Crippen LogP contribution in [0.1, 0.15) is 5.56 Å². The molecule has 1 heterocycles. The molecule has 15 heavy (non-hydrogen) atoms. The zero-order valence-electron chi connectivity index (χ0n) is 8.43. The minimum Gasteiger partial charge on any atom is -0.318 e. The fraction of sp³-hybridized carbons (Fsp3) is 0.167. The van der Waals surface area contributed by atoms with Crippen molar-refractivity contribution in [2.45, 2.75) is 6.42 Å². The molecule has 76 valence electrons. The van der Waals surface area contributed by atoms with Crippen molar-refractivity contribution in [3.8, 4) is 0 Å². The molecule has 0 spiro atoms. The van der Waals surface area contributed by atoms with E-state index < -0.39 is 0 Å². The highest BCUT2D eigenvalue weighted by Crippen LogP contribution is 2.14. The lowest BCUT2D eigenvalue weighted by atomic mass is 10.1. The maximum Gasteiger partial charge on any atom is 0.258 e. The van der Waals surface area contributed by atoms with Gasteiger partial charge in [-0.2, -0.15) is 0 Å². The highest BCUT2D eigenvalue weighted by Gasteiger charge is 2.05. The summed E-state index contributed by atoms with van der Waals surface area (Å²) in [6, 6.07) is 7.35. The SMILES string of the molecule is Cn1cc(CC=O)c2ccccc2c1=O. The Kier molecular flexibility index (Phi) is 2.37. The van der Waals surface area contributed by atoms with Gasteiger partial charge in [-0.25, -0.2) is 0 Å². The van der Waals surface area contributed by atoms with Crippen LogP contribution in [0.5, 0.6) is 0 Å². The molecule has 1 aromatic carbocycles. The van der Waals surface area contributed by atoms with Crippen LogP contribution >= 0.6 is 0 Å². The van der Waals surface area contributed by atoms with Crippen molar-refractivity contribution in [1.82, 2.24) is 4.57 Å². The van der Waals surface area contributed by atoms with E-state index in [0.29, 0.717) is 11.8 Å². The van der Waals surface area contributed by atoms with Gasteiger partial charge < -0.3 is 9.36 Å². The van der Waals surface area contributed by atoms with Crippen LogP contribution in [-0.2, 0) is 18.3 Å². The number of rotatable bonds is 2. The number of hydrogen-bond donors (Lipinski definition) is 0. The van der Waals surface area contributed by atoms with Crippen LogP contribution < -0.4 is 5.56 Å². The van der Waals surface area contributed by atoms with Crippen LogP contribution in [0.2, 0.25) is 0 Å². The average molecular weight is 201 g/mol. The third kappa shape index (κ3) is 1.56. The number of carbonyl (C=O) groups excluding carboxylic acids is 1. The second kappa shape index (κ2) is 3.69. The molecular formula is C12H11NO2. The molecule has 0 bridgehead atoms. The quantitative estimate of drug-likeness (QED) is 0.686. The maximum absolute atomic E-state index is 11.8. The first-order valence-corrected chi connectivity index (χ1v) is 4.75. The second-order valence-electron chi connectivity index (χ2n) is 3.49. The summed E-state index contributed by atoms with van der Waals surface area (Å²) < 4.78 is 1.52. The summed E-state index contributed by atoms with van der Waals surface area (Å²) in [7, 11) is 1.70. The van der Waals surface area contributed by atoms with Gasteiger partial charge in [0.2, 0.25) is 0 Å². The first kappa shape index (κ1) is 9.65. The molecule has 1 aromatic heterocycles. The molecule has 2 aromatic rings. The lowest BCUT2D eigenvalue weighted by Gasteiger charge is -2.06. The van der Waals surface area contributed by atoms with Gasteiger partial charge in [-0.1, -0.05) is 18.2 Å². The van der Waals surface area contributed by atoms with E-state index >= 15 is 0 Å². The summed E-state index contributed by atoms with van der Waals surface area (Å²) in [6.07, 6.45) is 2.92. The average Bonchev–Trinajstić information content (AvgIpc) is 2.26. The van der Waals surface area contributed by atoms with E-state index in [1.54, 1.807) is 19.3 Å². The Bertz CT molecular complexity index is 569. The van der Waals surface area contributed by atoms with Crippen molar-refractivity contribution in [3.63, 3.8) is 0 Å². The van der Waals surface area contributed by atoms with Gasteiger partial charge in [0.25, 0.3) is 5.56 Å². The van der Waals surface area contributed by atoms with Gasteiger partial charge in [0.1, 0.15) is 6.29 Å². The molecule has 0 saturated heterocycles. The Hall–Kier alpha value is -1.90. The van der Waals surface area contributed by atoms with Crippen LogP contribution in [0.3, 0.4) is 0 Å².